The van der Waals surface area contributed by atoms with Crippen molar-refractivity contribution in [2.24, 2.45) is 0 Å². The molecule has 112 valence electrons. The molecule has 1 aromatic carbocycles. The van der Waals surface area contributed by atoms with E-state index in [0.29, 0.717) is 30.3 Å². The molecule has 0 atom stereocenters. The van der Waals surface area contributed by atoms with Gasteiger partial charge in [0.25, 0.3) is 5.69 Å². The van der Waals surface area contributed by atoms with Gasteiger partial charge in [-0.1, -0.05) is 0 Å². The molecule has 2 aromatic rings. The Morgan fingerprint density at radius 2 is 2.24 bits per heavy atom. The maximum Gasteiger partial charge on any atom is 0.292 e. The van der Waals surface area contributed by atoms with Gasteiger partial charge in [0.1, 0.15) is 11.4 Å². The van der Waals surface area contributed by atoms with Crippen molar-refractivity contribution in [1.29, 1.82) is 0 Å². The van der Waals surface area contributed by atoms with E-state index in [9.17, 15) is 10.1 Å². The van der Waals surface area contributed by atoms with Crippen LogP contribution in [0.1, 0.15) is 0 Å². The molecule has 0 aliphatic carbocycles. The van der Waals surface area contributed by atoms with Gasteiger partial charge < -0.3 is 14.8 Å². The van der Waals surface area contributed by atoms with Crippen molar-refractivity contribution >= 4 is 17.1 Å². The van der Waals surface area contributed by atoms with Crippen LogP contribution in [-0.4, -0.2) is 35.5 Å². The third-order valence-corrected chi connectivity index (χ3v) is 2.84. The van der Waals surface area contributed by atoms with Crippen LogP contribution in [0.3, 0.4) is 0 Å². The molecular formula is C13H16N4O4. The highest BCUT2D eigenvalue weighted by Gasteiger charge is 2.15. The minimum Gasteiger partial charge on any atom is -0.497 e. The highest BCUT2D eigenvalue weighted by molar-refractivity contribution is 5.70. The van der Waals surface area contributed by atoms with E-state index >= 15 is 0 Å². The Morgan fingerprint density at radius 1 is 1.43 bits per heavy atom. The standard InChI is InChI=1S/C13H16N4O4/c1-20-6-5-16-9-10(8-14-16)15-12-7-11(21-2)3-4-13(12)17(18)19/h3-4,7-9,15H,5-6H2,1-2H3. The number of hydrogen-bond donors (Lipinski definition) is 1. The van der Waals surface area contributed by atoms with Crippen molar-refractivity contribution in [3.05, 3.63) is 40.7 Å². The Labute approximate surface area is 121 Å². The highest BCUT2D eigenvalue weighted by atomic mass is 16.6. The molecule has 0 spiro atoms. The predicted octanol–water partition coefficient (Wildman–Crippen LogP) is 2.19. The van der Waals surface area contributed by atoms with E-state index in [0.717, 1.165) is 0 Å². The molecule has 8 nitrogen and oxygen atoms in total. The number of rotatable bonds is 7. The Balaban J connectivity index is 2.21. The molecule has 0 fully saturated rings. The second-order valence-corrected chi connectivity index (χ2v) is 4.25. The summed E-state index contributed by atoms with van der Waals surface area (Å²) < 4.78 is 11.7. The molecule has 0 saturated carbocycles. The van der Waals surface area contributed by atoms with Crippen LogP contribution < -0.4 is 10.1 Å². The Morgan fingerprint density at radius 3 is 2.90 bits per heavy atom. The lowest BCUT2D eigenvalue weighted by atomic mass is 10.2. The van der Waals surface area contributed by atoms with Gasteiger partial charge in [0, 0.05) is 25.4 Å². The number of ether oxygens (including phenoxy) is 2. The van der Waals surface area contributed by atoms with Crippen LogP contribution in [0.15, 0.2) is 30.6 Å². The Hall–Kier alpha value is -2.61. The Bertz CT molecular complexity index is 626. The SMILES string of the molecule is COCCn1cc(Nc2cc(OC)ccc2[N+](=O)[O-])cn1. The maximum atomic E-state index is 11.0. The summed E-state index contributed by atoms with van der Waals surface area (Å²) in [4.78, 5) is 10.6. The van der Waals surface area contributed by atoms with Crippen LogP contribution in [-0.2, 0) is 11.3 Å². The van der Waals surface area contributed by atoms with E-state index in [4.69, 9.17) is 9.47 Å². The number of anilines is 2. The number of nitro groups is 1. The molecule has 0 amide bonds. The molecule has 8 heteroatoms. The number of nitrogens with one attached hydrogen (secondary N) is 1. The first-order chi connectivity index (χ1) is 10.1. The lowest BCUT2D eigenvalue weighted by Gasteiger charge is -2.07. The number of methoxy groups -OCH3 is 2. The minimum atomic E-state index is -0.447. The summed E-state index contributed by atoms with van der Waals surface area (Å²) in [5.41, 5.74) is 0.980. The third kappa shape index (κ3) is 3.69. The number of aromatic nitrogens is 2. The molecule has 1 N–H and O–H groups in total. The molecule has 0 radical (unpaired) electrons. The van der Waals surface area contributed by atoms with Crippen molar-refractivity contribution in [3.8, 4) is 5.75 Å². The number of hydrogen-bond acceptors (Lipinski definition) is 6. The lowest BCUT2D eigenvalue weighted by Crippen LogP contribution is -2.04. The van der Waals surface area contributed by atoms with E-state index in [-0.39, 0.29) is 5.69 Å². The molecule has 2 rings (SSSR count). The summed E-state index contributed by atoms with van der Waals surface area (Å²) in [6, 6.07) is 4.52. The lowest BCUT2D eigenvalue weighted by molar-refractivity contribution is -0.383. The molecule has 0 unspecified atom stereocenters. The first-order valence-electron chi connectivity index (χ1n) is 6.25. The topological polar surface area (TPSA) is 91.5 Å². The molecule has 0 saturated heterocycles. The van der Waals surface area contributed by atoms with Crippen molar-refractivity contribution in [1.82, 2.24) is 9.78 Å². The summed E-state index contributed by atoms with van der Waals surface area (Å²) in [6.45, 7) is 1.15. The van der Waals surface area contributed by atoms with Crippen molar-refractivity contribution in [2.45, 2.75) is 6.54 Å². The predicted molar refractivity (Wildman–Crippen MR) is 77.0 cm³/mol. The average Bonchev–Trinajstić information content (AvgIpc) is 2.92. The van der Waals surface area contributed by atoms with E-state index < -0.39 is 4.92 Å². The highest BCUT2D eigenvalue weighted by Crippen LogP contribution is 2.31. The number of nitro benzene ring substituents is 1. The number of nitrogens with zero attached hydrogens (tertiary/aromatic N) is 3. The van der Waals surface area contributed by atoms with Gasteiger partial charge in [0.15, 0.2) is 0 Å². The Kier molecular flexibility index (Phi) is 4.72. The second-order valence-electron chi connectivity index (χ2n) is 4.25. The fourth-order valence-corrected chi connectivity index (χ4v) is 1.79. The molecule has 0 aliphatic heterocycles. The number of benzene rings is 1. The zero-order valence-corrected chi connectivity index (χ0v) is 11.8. The van der Waals surface area contributed by atoms with Gasteiger partial charge in [-0.25, -0.2) is 0 Å². The zero-order valence-electron chi connectivity index (χ0n) is 11.8. The summed E-state index contributed by atoms with van der Waals surface area (Å²) in [5.74, 6) is 0.537. The van der Waals surface area contributed by atoms with Crippen LogP contribution in [0.4, 0.5) is 17.1 Å². The first-order valence-corrected chi connectivity index (χ1v) is 6.25. The van der Waals surface area contributed by atoms with Gasteiger partial charge in [-0.05, 0) is 6.07 Å². The minimum absolute atomic E-state index is 0.0274. The molecule has 0 aliphatic rings. The van der Waals surface area contributed by atoms with E-state index in [1.54, 1.807) is 36.3 Å². The van der Waals surface area contributed by atoms with Gasteiger partial charge in [-0.2, -0.15) is 5.10 Å². The van der Waals surface area contributed by atoms with Gasteiger partial charge in [0.05, 0.1) is 37.1 Å². The molecule has 0 bridgehead atoms. The normalized spacial score (nSPS) is 10.4. The fourth-order valence-electron chi connectivity index (χ4n) is 1.79. The molecular weight excluding hydrogens is 276 g/mol. The quantitative estimate of drug-likeness (QED) is 0.621. The van der Waals surface area contributed by atoms with E-state index in [2.05, 4.69) is 10.4 Å². The van der Waals surface area contributed by atoms with Gasteiger partial charge in [-0.15, -0.1) is 0 Å². The smallest absolute Gasteiger partial charge is 0.292 e. The summed E-state index contributed by atoms with van der Waals surface area (Å²) in [7, 11) is 3.12. The fraction of sp³-hybridized carbons (Fsp3) is 0.308. The summed E-state index contributed by atoms with van der Waals surface area (Å²) in [6.07, 6.45) is 3.35. The van der Waals surface area contributed by atoms with Crippen molar-refractivity contribution in [2.75, 3.05) is 26.1 Å². The first kappa shape index (κ1) is 14.8. The van der Waals surface area contributed by atoms with Crippen LogP contribution in [0, 0.1) is 10.1 Å². The van der Waals surface area contributed by atoms with Crippen LogP contribution in [0.25, 0.3) is 0 Å². The van der Waals surface area contributed by atoms with E-state index in [1.165, 1.54) is 13.2 Å². The van der Waals surface area contributed by atoms with Crippen molar-refractivity contribution in [3.63, 3.8) is 0 Å². The zero-order chi connectivity index (χ0) is 15.2. The molecule has 21 heavy (non-hydrogen) atoms. The third-order valence-electron chi connectivity index (χ3n) is 2.84. The van der Waals surface area contributed by atoms with Crippen LogP contribution >= 0.6 is 0 Å². The monoisotopic (exact) mass is 292 g/mol. The average molecular weight is 292 g/mol. The van der Waals surface area contributed by atoms with Gasteiger partial charge in [-0.3, -0.25) is 14.8 Å². The van der Waals surface area contributed by atoms with Crippen LogP contribution in [0.2, 0.25) is 0 Å². The summed E-state index contributed by atoms with van der Waals surface area (Å²) >= 11 is 0. The molecule has 1 aromatic heterocycles. The molecule has 1 heterocycles. The maximum absolute atomic E-state index is 11.0. The van der Waals surface area contributed by atoms with E-state index in [1.807, 2.05) is 0 Å². The van der Waals surface area contributed by atoms with Gasteiger partial charge in [0.2, 0.25) is 0 Å². The second kappa shape index (κ2) is 6.71. The van der Waals surface area contributed by atoms with Crippen LogP contribution in [0.5, 0.6) is 5.75 Å². The van der Waals surface area contributed by atoms with Crippen molar-refractivity contribution < 1.29 is 14.4 Å². The summed E-state index contributed by atoms with van der Waals surface area (Å²) in [5, 5.41) is 18.2. The van der Waals surface area contributed by atoms with Gasteiger partial charge >= 0.3 is 0 Å². The largest absolute Gasteiger partial charge is 0.497 e.